The Bertz CT molecular complexity index is 718. The van der Waals surface area contributed by atoms with Gasteiger partial charge in [-0.15, -0.1) is 0 Å². The molecule has 30 heavy (non-hydrogen) atoms. The van der Waals surface area contributed by atoms with Gasteiger partial charge in [-0.1, -0.05) is 6.07 Å². The van der Waals surface area contributed by atoms with Gasteiger partial charge in [-0.3, -0.25) is 9.69 Å². The zero-order valence-electron chi connectivity index (χ0n) is 18.8. The zero-order valence-corrected chi connectivity index (χ0v) is 18.8. The van der Waals surface area contributed by atoms with Crippen molar-refractivity contribution in [2.24, 2.45) is 5.92 Å². The molecule has 1 aromatic rings. The smallest absolute Gasteiger partial charge is 0.246 e. The van der Waals surface area contributed by atoms with Crippen LogP contribution in [0.4, 0.5) is 0 Å². The number of rotatable bonds is 7. The van der Waals surface area contributed by atoms with Crippen LogP contribution in [0.2, 0.25) is 0 Å². The molecular weight excluding hydrogens is 380 g/mol. The Morgan fingerprint density at radius 1 is 1.17 bits per heavy atom. The average molecular weight is 417 g/mol. The van der Waals surface area contributed by atoms with Gasteiger partial charge in [0.05, 0.1) is 25.9 Å². The van der Waals surface area contributed by atoms with Crippen molar-refractivity contribution in [3.05, 3.63) is 29.8 Å². The van der Waals surface area contributed by atoms with Crippen LogP contribution in [0.15, 0.2) is 24.3 Å². The highest BCUT2D eigenvalue weighted by Crippen LogP contribution is 2.28. The summed E-state index contributed by atoms with van der Waals surface area (Å²) in [5.41, 5.74) is 0.925. The highest BCUT2D eigenvalue weighted by molar-refractivity contribution is 5.91. The Morgan fingerprint density at radius 3 is 2.50 bits per heavy atom. The number of piperidine rings is 1. The summed E-state index contributed by atoms with van der Waals surface area (Å²) in [6.07, 6.45) is 6.26. The van der Waals surface area contributed by atoms with Gasteiger partial charge in [-0.25, -0.2) is 0 Å². The molecule has 0 aliphatic carbocycles. The Hall–Kier alpha value is -2.05. The summed E-state index contributed by atoms with van der Waals surface area (Å²) >= 11 is 0. The summed E-state index contributed by atoms with van der Waals surface area (Å²) < 4.78 is 16.8. The predicted octanol–water partition coefficient (Wildman–Crippen LogP) is 3.45. The molecule has 0 radical (unpaired) electrons. The molecule has 2 unspecified atom stereocenters. The highest BCUT2D eigenvalue weighted by Gasteiger charge is 2.27. The van der Waals surface area contributed by atoms with Crippen LogP contribution in [0, 0.1) is 5.92 Å². The molecule has 0 saturated carbocycles. The number of benzene rings is 1. The molecule has 0 bridgehead atoms. The van der Waals surface area contributed by atoms with Crippen LogP contribution in [0.25, 0.3) is 6.08 Å². The number of methoxy groups -OCH3 is 1. The van der Waals surface area contributed by atoms with E-state index in [1.165, 1.54) is 0 Å². The number of hydrogen-bond acceptors (Lipinski definition) is 5. The van der Waals surface area contributed by atoms with Crippen molar-refractivity contribution in [2.75, 3.05) is 46.4 Å². The van der Waals surface area contributed by atoms with E-state index in [0.717, 1.165) is 56.9 Å². The Morgan fingerprint density at radius 2 is 1.87 bits per heavy atom. The lowest BCUT2D eigenvalue weighted by molar-refractivity contribution is -0.127. The van der Waals surface area contributed by atoms with E-state index in [1.807, 2.05) is 36.1 Å². The number of carbonyl (C=O) groups is 1. The van der Waals surface area contributed by atoms with Crippen LogP contribution >= 0.6 is 0 Å². The molecule has 1 aromatic carbocycles. The maximum Gasteiger partial charge on any atom is 0.246 e. The second-order valence-electron chi connectivity index (χ2n) is 8.42. The lowest BCUT2D eigenvalue weighted by Gasteiger charge is -2.39. The third kappa shape index (κ3) is 6.22. The number of amides is 1. The molecular formula is C24H36N2O4. The molecule has 0 aromatic heterocycles. The minimum Gasteiger partial charge on any atom is -0.493 e. The first-order valence-electron chi connectivity index (χ1n) is 11.1. The summed E-state index contributed by atoms with van der Waals surface area (Å²) in [5.74, 6) is 2.13. The van der Waals surface area contributed by atoms with E-state index in [2.05, 4.69) is 18.7 Å². The maximum absolute atomic E-state index is 12.6. The first kappa shape index (κ1) is 22.6. The fourth-order valence-corrected chi connectivity index (χ4v) is 4.47. The lowest BCUT2D eigenvalue weighted by atomic mass is 9.95. The summed E-state index contributed by atoms with van der Waals surface area (Å²) in [6.45, 7) is 11.6. The molecule has 3 rings (SSSR count). The Kier molecular flexibility index (Phi) is 8.16. The molecule has 2 heterocycles. The van der Waals surface area contributed by atoms with Gasteiger partial charge < -0.3 is 19.1 Å². The van der Waals surface area contributed by atoms with E-state index in [4.69, 9.17) is 14.2 Å². The van der Waals surface area contributed by atoms with Crippen molar-refractivity contribution in [1.29, 1.82) is 0 Å². The number of carbonyl (C=O) groups excluding carboxylic acids is 1. The van der Waals surface area contributed by atoms with E-state index in [1.54, 1.807) is 13.2 Å². The molecule has 2 saturated heterocycles. The molecule has 2 aliphatic rings. The van der Waals surface area contributed by atoms with Crippen LogP contribution in [0.5, 0.6) is 11.5 Å². The second-order valence-corrected chi connectivity index (χ2v) is 8.42. The van der Waals surface area contributed by atoms with Crippen molar-refractivity contribution in [1.82, 2.24) is 9.80 Å². The van der Waals surface area contributed by atoms with Gasteiger partial charge in [0.25, 0.3) is 0 Å². The van der Waals surface area contributed by atoms with Gasteiger partial charge >= 0.3 is 0 Å². The van der Waals surface area contributed by atoms with Crippen molar-refractivity contribution in [3.8, 4) is 11.5 Å². The first-order valence-corrected chi connectivity index (χ1v) is 11.1. The molecule has 166 valence electrons. The Labute approximate surface area is 180 Å². The van der Waals surface area contributed by atoms with Crippen molar-refractivity contribution in [3.63, 3.8) is 0 Å². The largest absolute Gasteiger partial charge is 0.493 e. The van der Waals surface area contributed by atoms with Crippen LogP contribution < -0.4 is 9.47 Å². The molecule has 2 atom stereocenters. The van der Waals surface area contributed by atoms with Crippen LogP contribution in [-0.4, -0.2) is 74.4 Å². The van der Waals surface area contributed by atoms with Gasteiger partial charge in [0.15, 0.2) is 11.5 Å². The fourth-order valence-electron chi connectivity index (χ4n) is 4.47. The van der Waals surface area contributed by atoms with Crippen molar-refractivity contribution < 1.29 is 19.0 Å². The molecule has 0 N–H and O–H groups in total. The van der Waals surface area contributed by atoms with E-state index in [-0.39, 0.29) is 5.91 Å². The van der Waals surface area contributed by atoms with Crippen LogP contribution in [0.3, 0.4) is 0 Å². The summed E-state index contributed by atoms with van der Waals surface area (Å²) in [4.78, 5) is 17.1. The fraction of sp³-hybridized carbons (Fsp3) is 0.625. The van der Waals surface area contributed by atoms with Gasteiger partial charge in [0.2, 0.25) is 5.91 Å². The van der Waals surface area contributed by atoms with Gasteiger partial charge in [-0.05, 0) is 63.3 Å². The number of nitrogens with zero attached hydrogens (tertiary/aromatic N) is 2. The van der Waals surface area contributed by atoms with Gasteiger partial charge in [0, 0.05) is 38.8 Å². The quantitative estimate of drug-likeness (QED) is 0.637. The third-order valence-electron chi connectivity index (χ3n) is 5.84. The van der Waals surface area contributed by atoms with E-state index >= 15 is 0 Å². The number of ether oxygens (including phenoxy) is 3. The minimum atomic E-state index is 0.0786. The number of morpholine rings is 1. The standard InChI is InChI=1S/C24H36N2O4/c1-5-29-22-8-6-20(14-23(22)28-4)7-9-24(27)26-12-10-21(11-13-26)17-25-15-18(2)30-19(3)16-25/h6-9,14,18-19,21H,5,10-13,15-17H2,1-4H3/b9-7+. The topological polar surface area (TPSA) is 51.2 Å². The van der Waals surface area contributed by atoms with Gasteiger partial charge in [0.1, 0.15) is 0 Å². The normalized spacial score (nSPS) is 23.7. The van der Waals surface area contributed by atoms with E-state index in [0.29, 0.717) is 30.5 Å². The van der Waals surface area contributed by atoms with Gasteiger partial charge in [-0.2, -0.15) is 0 Å². The Balaban J connectivity index is 1.48. The number of hydrogen-bond donors (Lipinski definition) is 0. The summed E-state index contributed by atoms with van der Waals surface area (Å²) in [6, 6.07) is 5.71. The summed E-state index contributed by atoms with van der Waals surface area (Å²) in [7, 11) is 1.62. The maximum atomic E-state index is 12.6. The lowest BCUT2D eigenvalue weighted by Crippen LogP contribution is -2.48. The predicted molar refractivity (Wildman–Crippen MR) is 119 cm³/mol. The SMILES string of the molecule is CCOc1ccc(/C=C/C(=O)N2CCC(CN3CC(C)OC(C)C3)CC2)cc1OC. The number of likely N-dealkylation sites (tertiary alicyclic amines) is 1. The van der Waals surface area contributed by atoms with Crippen molar-refractivity contribution >= 4 is 12.0 Å². The molecule has 1 amide bonds. The zero-order chi connectivity index (χ0) is 21.5. The van der Waals surface area contributed by atoms with Crippen molar-refractivity contribution in [2.45, 2.75) is 45.8 Å². The van der Waals surface area contributed by atoms with E-state index in [9.17, 15) is 4.79 Å². The molecule has 2 aliphatic heterocycles. The highest BCUT2D eigenvalue weighted by atomic mass is 16.5. The van der Waals surface area contributed by atoms with E-state index < -0.39 is 0 Å². The first-order chi connectivity index (χ1) is 14.5. The molecule has 6 heteroatoms. The monoisotopic (exact) mass is 416 g/mol. The second kappa shape index (κ2) is 10.8. The van der Waals surface area contributed by atoms with Crippen LogP contribution in [-0.2, 0) is 9.53 Å². The molecule has 0 spiro atoms. The molecule has 6 nitrogen and oxygen atoms in total. The molecule has 2 fully saturated rings. The average Bonchev–Trinajstić information content (AvgIpc) is 2.72. The minimum absolute atomic E-state index is 0.0786. The third-order valence-corrected chi connectivity index (χ3v) is 5.84. The summed E-state index contributed by atoms with van der Waals surface area (Å²) in [5, 5.41) is 0. The van der Waals surface area contributed by atoms with Crippen LogP contribution in [0.1, 0.15) is 39.2 Å².